The average molecular weight is 289 g/mol. The highest BCUT2D eigenvalue weighted by Gasteiger charge is 2.33. The fraction of sp³-hybridized carbons (Fsp3) is 0.706. The molecule has 1 aromatic heterocycles. The van der Waals surface area contributed by atoms with Crippen molar-refractivity contribution in [2.75, 3.05) is 6.54 Å². The Balaban J connectivity index is 1.89. The summed E-state index contributed by atoms with van der Waals surface area (Å²) in [5, 5.41) is 0. The van der Waals surface area contributed by atoms with Crippen LogP contribution in [-0.2, 0) is 0 Å². The largest absolute Gasteiger partial charge is 0.345 e. The predicted molar refractivity (Wildman–Crippen MR) is 84.5 cm³/mol. The number of nitrogens with two attached hydrogens (primary N) is 1. The Hall–Kier alpha value is -1.29. The van der Waals surface area contributed by atoms with Gasteiger partial charge in [0, 0.05) is 36.1 Å². The summed E-state index contributed by atoms with van der Waals surface area (Å²) in [5.74, 6) is 0.178. The minimum absolute atomic E-state index is 0.0428. The van der Waals surface area contributed by atoms with E-state index in [0.29, 0.717) is 6.04 Å². The molecule has 0 aromatic carbocycles. The molecule has 2 atom stereocenters. The monoisotopic (exact) mass is 289 g/mol. The lowest BCUT2D eigenvalue weighted by Crippen LogP contribution is -2.51. The maximum Gasteiger partial charge on any atom is 0.255 e. The second kappa shape index (κ2) is 5.48. The third-order valence-electron chi connectivity index (χ3n) is 5.04. The molecular formula is C17H27N3O. The lowest BCUT2D eigenvalue weighted by Gasteiger charge is -2.38. The first-order valence-electron chi connectivity index (χ1n) is 8.25. The second-order valence-electron chi connectivity index (χ2n) is 6.81. The Labute approximate surface area is 127 Å². The molecule has 2 fully saturated rings. The summed E-state index contributed by atoms with van der Waals surface area (Å²) < 4.78 is 2.35. The van der Waals surface area contributed by atoms with Gasteiger partial charge in [-0.1, -0.05) is 0 Å². The van der Waals surface area contributed by atoms with Crippen molar-refractivity contribution in [2.24, 2.45) is 5.73 Å². The molecule has 1 amide bonds. The van der Waals surface area contributed by atoms with Gasteiger partial charge in [-0.25, -0.2) is 0 Å². The second-order valence-corrected chi connectivity index (χ2v) is 6.81. The van der Waals surface area contributed by atoms with Crippen LogP contribution in [0.15, 0.2) is 6.07 Å². The van der Waals surface area contributed by atoms with Crippen molar-refractivity contribution in [1.29, 1.82) is 0 Å². The van der Waals surface area contributed by atoms with Crippen LogP contribution in [-0.4, -0.2) is 34.0 Å². The number of piperidine rings is 1. The van der Waals surface area contributed by atoms with Gasteiger partial charge < -0.3 is 15.2 Å². The Morgan fingerprint density at radius 1 is 1.29 bits per heavy atom. The molecule has 2 heterocycles. The van der Waals surface area contributed by atoms with Crippen molar-refractivity contribution in [3.63, 3.8) is 0 Å². The maximum absolute atomic E-state index is 13.0. The Morgan fingerprint density at radius 2 is 2.00 bits per heavy atom. The van der Waals surface area contributed by atoms with Gasteiger partial charge in [-0.05, 0) is 58.9 Å². The van der Waals surface area contributed by atoms with E-state index in [2.05, 4.69) is 24.5 Å². The van der Waals surface area contributed by atoms with Crippen molar-refractivity contribution in [2.45, 2.75) is 71.0 Å². The van der Waals surface area contributed by atoms with Crippen LogP contribution in [0.2, 0.25) is 0 Å². The molecule has 0 spiro atoms. The number of likely N-dealkylation sites (tertiary alicyclic amines) is 1. The SMILES string of the molecule is Cc1cc(C(=O)N2CCCCC2C(C)N)c(C)n1C1CC1. The molecule has 1 aliphatic heterocycles. The lowest BCUT2D eigenvalue weighted by molar-refractivity contribution is 0.0583. The molecule has 116 valence electrons. The third kappa shape index (κ3) is 2.61. The highest BCUT2D eigenvalue weighted by atomic mass is 16.2. The summed E-state index contributed by atoms with van der Waals surface area (Å²) in [7, 11) is 0. The zero-order valence-corrected chi connectivity index (χ0v) is 13.4. The van der Waals surface area contributed by atoms with Gasteiger partial charge in [0.2, 0.25) is 0 Å². The van der Waals surface area contributed by atoms with Gasteiger partial charge in [-0.15, -0.1) is 0 Å². The van der Waals surface area contributed by atoms with Gasteiger partial charge in [0.1, 0.15) is 0 Å². The minimum atomic E-state index is 0.0428. The van der Waals surface area contributed by atoms with Gasteiger partial charge in [0.25, 0.3) is 5.91 Å². The number of hydrogen-bond acceptors (Lipinski definition) is 2. The van der Waals surface area contributed by atoms with Gasteiger partial charge in [-0.3, -0.25) is 4.79 Å². The van der Waals surface area contributed by atoms with E-state index in [-0.39, 0.29) is 18.0 Å². The Bertz CT molecular complexity index is 542. The van der Waals surface area contributed by atoms with E-state index in [1.54, 1.807) is 0 Å². The van der Waals surface area contributed by atoms with Gasteiger partial charge in [-0.2, -0.15) is 0 Å². The molecule has 1 saturated carbocycles. The fourth-order valence-corrected chi connectivity index (χ4v) is 3.80. The summed E-state index contributed by atoms with van der Waals surface area (Å²) in [6, 6.07) is 2.93. The summed E-state index contributed by atoms with van der Waals surface area (Å²) in [4.78, 5) is 15.0. The van der Waals surface area contributed by atoms with Crippen LogP contribution in [0.3, 0.4) is 0 Å². The van der Waals surface area contributed by atoms with E-state index >= 15 is 0 Å². The number of aryl methyl sites for hydroxylation is 1. The normalized spacial score (nSPS) is 24.2. The molecule has 4 nitrogen and oxygen atoms in total. The van der Waals surface area contributed by atoms with Crippen molar-refractivity contribution in [3.8, 4) is 0 Å². The molecule has 4 heteroatoms. The molecule has 1 aromatic rings. The average Bonchev–Trinajstić information content (AvgIpc) is 3.24. The van der Waals surface area contributed by atoms with E-state index in [0.717, 1.165) is 30.6 Å². The number of carbonyl (C=O) groups excluding carboxylic acids is 1. The van der Waals surface area contributed by atoms with E-state index in [1.807, 2.05) is 11.8 Å². The fourth-order valence-electron chi connectivity index (χ4n) is 3.80. The van der Waals surface area contributed by atoms with E-state index in [9.17, 15) is 4.79 Å². The molecule has 0 radical (unpaired) electrons. The highest BCUT2D eigenvalue weighted by Crippen LogP contribution is 2.38. The molecule has 3 rings (SSSR count). The van der Waals surface area contributed by atoms with Gasteiger partial charge in [0.15, 0.2) is 0 Å². The van der Waals surface area contributed by atoms with Crippen LogP contribution in [0.1, 0.15) is 66.8 Å². The van der Waals surface area contributed by atoms with Crippen molar-refractivity contribution >= 4 is 5.91 Å². The minimum Gasteiger partial charge on any atom is -0.345 e. The summed E-state index contributed by atoms with van der Waals surface area (Å²) in [6.45, 7) is 7.06. The van der Waals surface area contributed by atoms with Crippen LogP contribution in [0.25, 0.3) is 0 Å². The zero-order valence-electron chi connectivity index (χ0n) is 13.4. The number of hydrogen-bond donors (Lipinski definition) is 1. The number of amides is 1. The van der Waals surface area contributed by atoms with Crippen LogP contribution >= 0.6 is 0 Å². The maximum atomic E-state index is 13.0. The van der Waals surface area contributed by atoms with E-state index in [4.69, 9.17) is 5.73 Å². The van der Waals surface area contributed by atoms with Crippen molar-refractivity contribution in [1.82, 2.24) is 9.47 Å². The number of carbonyl (C=O) groups is 1. The lowest BCUT2D eigenvalue weighted by atomic mass is 9.96. The smallest absolute Gasteiger partial charge is 0.255 e. The zero-order chi connectivity index (χ0) is 15.1. The first kappa shape index (κ1) is 14.6. The summed E-state index contributed by atoms with van der Waals surface area (Å²) in [5.41, 5.74) is 9.34. The topological polar surface area (TPSA) is 51.3 Å². The summed E-state index contributed by atoms with van der Waals surface area (Å²) >= 11 is 0. The van der Waals surface area contributed by atoms with E-state index < -0.39 is 0 Å². The summed E-state index contributed by atoms with van der Waals surface area (Å²) in [6.07, 6.45) is 5.80. The standard InChI is InChI=1S/C17H27N3O/c1-11-10-15(13(3)20(11)14-7-8-14)17(21)19-9-5-4-6-16(19)12(2)18/h10,12,14,16H,4-9,18H2,1-3H3. The number of aromatic nitrogens is 1. The molecule has 1 saturated heterocycles. The van der Waals surface area contributed by atoms with Crippen molar-refractivity contribution < 1.29 is 4.79 Å². The molecule has 21 heavy (non-hydrogen) atoms. The first-order chi connectivity index (χ1) is 10.0. The Morgan fingerprint density at radius 3 is 2.62 bits per heavy atom. The molecular weight excluding hydrogens is 262 g/mol. The van der Waals surface area contributed by atoms with E-state index in [1.165, 1.54) is 25.0 Å². The molecule has 2 aliphatic rings. The Kier molecular flexibility index (Phi) is 3.82. The van der Waals surface area contributed by atoms with Crippen LogP contribution in [0.4, 0.5) is 0 Å². The van der Waals surface area contributed by atoms with Crippen LogP contribution in [0.5, 0.6) is 0 Å². The first-order valence-corrected chi connectivity index (χ1v) is 8.25. The quantitative estimate of drug-likeness (QED) is 0.930. The predicted octanol–water partition coefficient (Wildman–Crippen LogP) is 2.78. The molecule has 1 aliphatic carbocycles. The van der Waals surface area contributed by atoms with Crippen LogP contribution in [0, 0.1) is 13.8 Å². The molecule has 0 bridgehead atoms. The number of rotatable bonds is 3. The number of nitrogens with zero attached hydrogens (tertiary/aromatic N) is 2. The molecule has 2 N–H and O–H groups in total. The van der Waals surface area contributed by atoms with Crippen molar-refractivity contribution in [3.05, 3.63) is 23.0 Å². The van der Waals surface area contributed by atoms with Gasteiger partial charge in [0.05, 0.1) is 5.56 Å². The highest BCUT2D eigenvalue weighted by molar-refractivity contribution is 5.96. The molecule has 2 unspecified atom stereocenters. The third-order valence-corrected chi connectivity index (χ3v) is 5.04. The van der Waals surface area contributed by atoms with Gasteiger partial charge >= 0.3 is 0 Å². The van der Waals surface area contributed by atoms with Crippen LogP contribution < -0.4 is 5.73 Å².